The highest BCUT2D eigenvalue weighted by Crippen LogP contribution is 2.20. The standard InChI is InChI=1S/C24H37N5O3/c1-7-18-8-10-19(11-9-18)14-27(6)15-20(30)28(12-16(2)3)21-22(25)29(13-17(4)5)24(32)26-23(21)31/h8-11,16-17H,7,12-15,25H2,1-6H3,(H,26,31,32). The second kappa shape index (κ2) is 11.1. The van der Waals surface area contributed by atoms with Crippen LogP contribution in [0.1, 0.15) is 45.7 Å². The van der Waals surface area contributed by atoms with E-state index in [0.717, 1.165) is 12.0 Å². The van der Waals surface area contributed by atoms with Gasteiger partial charge in [-0.25, -0.2) is 4.79 Å². The lowest BCUT2D eigenvalue weighted by atomic mass is 10.1. The summed E-state index contributed by atoms with van der Waals surface area (Å²) in [6.07, 6.45) is 0.980. The minimum Gasteiger partial charge on any atom is -0.383 e. The Bertz CT molecular complexity index is 1020. The molecule has 3 N–H and O–H groups in total. The fourth-order valence-corrected chi connectivity index (χ4v) is 3.63. The van der Waals surface area contributed by atoms with Crippen LogP contribution in [0.5, 0.6) is 0 Å². The number of hydrogen-bond acceptors (Lipinski definition) is 5. The molecule has 0 aliphatic carbocycles. The monoisotopic (exact) mass is 443 g/mol. The third kappa shape index (κ3) is 6.56. The molecule has 0 saturated heterocycles. The number of hydrogen-bond donors (Lipinski definition) is 2. The summed E-state index contributed by atoms with van der Waals surface area (Å²) >= 11 is 0. The Morgan fingerprint density at radius 3 is 2.19 bits per heavy atom. The largest absolute Gasteiger partial charge is 0.383 e. The highest BCUT2D eigenvalue weighted by molar-refractivity contribution is 5.96. The van der Waals surface area contributed by atoms with Gasteiger partial charge in [-0.15, -0.1) is 0 Å². The first-order chi connectivity index (χ1) is 15.0. The number of aromatic nitrogens is 2. The molecule has 2 rings (SSSR count). The number of H-pyrrole nitrogens is 1. The number of carbonyl (C=O) groups is 1. The predicted molar refractivity (Wildman–Crippen MR) is 130 cm³/mol. The van der Waals surface area contributed by atoms with Crippen molar-refractivity contribution in [3.8, 4) is 0 Å². The highest BCUT2D eigenvalue weighted by atomic mass is 16.2. The lowest BCUT2D eigenvalue weighted by Gasteiger charge is -2.28. The van der Waals surface area contributed by atoms with Crippen LogP contribution in [0, 0.1) is 11.8 Å². The molecule has 0 unspecified atom stereocenters. The van der Waals surface area contributed by atoms with Crippen molar-refractivity contribution in [2.45, 2.75) is 54.1 Å². The molecule has 1 amide bonds. The van der Waals surface area contributed by atoms with Crippen molar-refractivity contribution >= 4 is 17.4 Å². The summed E-state index contributed by atoms with van der Waals surface area (Å²) in [6, 6.07) is 8.31. The van der Waals surface area contributed by atoms with Crippen LogP contribution in [-0.4, -0.2) is 40.5 Å². The van der Waals surface area contributed by atoms with Crippen LogP contribution in [0.3, 0.4) is 0 Å². The van der Waals surface area contributed by atoms with E-state index in [9.17, 15) is 14.4 Å². The summed E-state index contributed by atoms with van der Waals surface area (Å²) in [5.41, 5.74) is 7.48. The first-order valence-corrected chi connectivity index (χ1v) is 11.2. The minimum absolute atomic E-state index is 0.0271. The molecule has 0 radical (unpaired) electrons. The molecule has 8 heteroatoms. The van der Waals surface area contributed by atoms with Crippen molar-refractivity contribution in [3.05, 3.63) is 56.2 Å². The lowest BCUT2D eigenvalue weighted by molar-refractivity contribution is -0.119. The molecule has 0 aliphatic heterocycles. The fraction of sp³-hybridized carbons (Fsp3) is 0.542. The molecule has 1 heterocycles. The van der Waals surface area contributed by atoms with Gasteiger partial charge >= 0.3 is 5.69 Å². The van der Waals surface area contributed by atoms with Gasteiger partial charge in [0.15, 0.2) is 5.69 Å². The van der Waals surface area contributed by atoms with Crippen molar-refractivity contribution < 1.29 is 4.79 Å². The van der Waals surface area contributed by atoms with Crippen LogP contribution in [0.4, 0.5) is 11.5 Å². The molecule has 0 spiro atoms. The van der Waals surface area contributed by atoms with Gasteiger partial charge in [-0.2, -0.15) is 0 Å². The summed E-state index contributed by atoms with van der Waals surface area (Å²) < 4.78 is 1.33. The number of nitrogen functional groups attached to an aromatic ring is 1. The molecule has 0 fully saturated rings. The first-order valence-electron chi connectivity index (χ1n) is 11.2. The van der Waals surface area contributed by atoms with E-state index in [1.165, 1.54) is 15.0 Å². The maximum absolute atomic E-state index is 13.3. The average molecular weight is 444 g/mol. The number of carbonyl (C=O) groups excluding carboxylic acids is 1. The van der Waals surface area contributed by atoms with E-state index in [1.54, 1.807) is 0 Å². The Morgan fingerprint density at radius 2 is 1.66 bits per heavy atom. The van der Waals surface area contributed by atoms with Crippen molar-refractivity contribution in [2.24, 2.45) is 11.8 Å². The number of benzene rings is 1. The van der Waals surface area contributed by atoms with Gasteiger partial charge in [0.1, 0.15) is 5.82 Å². The molecule has 0 aliphatic rings. The van der Waals surface area contributed by atoms with Crippen LogP contribution in [0.2, 0.25) is 0 Å². The number of nitrogens with one attached hydrogen (secondary N) is 1. The Labute approximate surface area is 190 Å². The normalized spacial score (nSPS) is 11.5. The van der Waals surface area contributed by atoms with Gasteiger partial charge in [-0.1, -0.05) is 58.9 Å². The van der Waals surface area contributed by atoms with E-state index < -0.39 is 11.2 Å². The molecule has 2 aromatic rings. The molecule has 0 saturated carbocycles. The van der Waals surface area contributed by atoms with Gasteiger partial charge in [0.2, 0.25) is 5.91 Å². The third-order valence-electron chi connectivity index (χ3n) is 5.17. The maximum Gasteiger partial charge on any atom is 0.330 e. The van der Waals surface area contributed by atoms with Crippen LogP contribution in [0.15, 0.2) is 33.9 Å². The van der Waals surface area contributed by atoms with Crippen LogP contribution >= 0.6 is 0 Å². The van der Waals surface area contributed by atoms with Crippen molar-refractivity contribution in [1.82, 2.24) is 14.5 Å². The van der Waals surface area contributed by atoms with Gasteiger partial charge in [-0.05, 0) is 36.4 Å². The summed E-state index contributed by atoms with van der Waals surface area (Å²) in [6.45, 7) is 11.3. The number of aromatic amines is 1. The van der Waals surface area contributed by atoms with Gasteiger partial charge in [0.05, 0.1) is 6.54 Å². The number of nitrogens with two attached hydrogens (primary N) is 1. The Kier molecular flexibility index (Phi) is 8.83. The van der Waals surface area contributed by atoms with Crippen molar-refractivity contribution in [2.75, 3.05) is 30.8 Å². The predicted octanol–water partition coefficient (Wildman–Crippen LogP) is 2.46. The van der Waals surface area contributed by atoms with Crippen molar-refractivity contribution in [3.63, 3.8) is 0 Å². The van der Waals surface area contributed by atoms with Gasteiger partial charge in [-0.3, -0.25) is 24.0 Å². The highest BCUT2D eigenvalue weighted by Gasteiger charge is 2.26. The Morgan fingerprint density at radius 1 is 1.06 bits per heavy atom. The molecule has 8 nitrogen and oxygen atoms in total. The SMILES string of the molecule is CCc1ccc(CN(C)CC(=O)N(CC(C)C)c2c(N)n(CC(C)C)c(=O)[nH]c2=O)cc1. The first kappa shape index (κ1) is 25.4. The van der Waals surface area contributed by atoms with E-state index >= 15 is 0 Å². The summed E-state index contributed by atoms with van der Waals surface area (Å²) in [5, 5.41) is 0. The summed E-state index contributed by atoms with van der Waals surface area (Å²) in [5.74, 6) is 0.0425. The van der Waals surface area contributed by atoms with E-state index in [1.807, 2.05) is 39.6 Å². The number of anilines is 2. The van der Waals surface area contributed by atoms with E-state index in [0.29, 0.717) is 19.6 Å². The average Bonchev–Trinajstić information content (AvgIpc) is 2.70. The van der Waals surface area contributed by atoms with E-state index in [-0.39, 0.29) is 35.8 Å². The Hall–Kier alpha value is -2.87. The molecule has 1 aromatic carbocycles. The van der Waals surface area contributed by atoms with E-state index in [2.05, 4.69) is 36.2 Å². The summed E-state index contributed by atoms with van der Waals surface area (Å²) in [4.78, 5) is 44.0. The van der Waals surface area contributed by atoms with E-state index in [4.69, 9.17) is 5.73 Å². The molecule has 32 heavy (non-hydrogen) atoms. The zero-order valence-corrected chi connectivity index (χ0v) is 20.1. The molecule has 0 bridgehead atoms. The van der Waals surface area contributed by atoms with Crippen LogP contribution < -0.4 is 21.9 Å². The smallest absolute Gasteiger partial charge is 0.330 e. The maximum atomic E-state index is 13.3. The number of rotatable bonds is 10. The molecule has 0 atom stereocenters. The molecule has 176 valence electrons. The molecular formula is C24H37N5O3. The lowest BCUT2D eigenvalue weighted by Crippen LogP contribution is -2.46. The fourth-order valence-electron chi connectivity index (χ4n) is 3.63. The van der Waals surface area contributed by atoms with Gasteiger partial charge < -0.3 is 10.6 Å². The van der Waals surface area contributed by atoms with Crippen LogP contribution in [-0.2, 0) is 24.3 Å². The number of aryl methyl sites for hydroxylation is 1. The summed E-state index contributed by atoms with van der Waals surface area (Å²) in [7, 11) is 1.87. The minimum atomic E-state index is -0.640. The second-order valence-electron chi connectivity index (χ2n) is 9.24. The third-order valence-corrected chi connectivity index (χ3v) is 5.17. The zero-order valence-electron chi connectivity index (χ0n) is 20.1. The van der Waals surface area contributed by atoms with Crippen LogP contribution in [0.25, 0.3) is 0 Å². The van der Waals surface area contributed by atoms with Gasteiger partial charge in [0, 0.05) is 19.6 Å². The second-order valence-corrected chi connectivity index (χ2v) is 9.24. The zero-order chi connectivity index (χ0) is 24.0. The topological polar surface area (TPSA) is 104 Å². The number of nitrogens with zero attached hydrogens (tertiary/aromatic N) is 3. The molecular weight excluding hydrogens is 406 g/mol. The van der Waals surface area contributed by atoms with Crippen molar-refractivity contribution in [1.29, 1.82) is 0 Å². The molecule has 1 aromatic heterocycles. The quantitative estimate of drug-likeness (QED) is 0.587. The van der Waals surface area contributed by atoms with Gasteiger partial charge in [0.25, 0.3) is 5.56 Å². The number of likely N-dealkylation sites (N-methyl/N-ethyl adjacent to an activating group) is 1. The Balaban J connectivity index is 2.31. The number of amides is 1.